The summed E-state index contributed by atoms with van der Waals surface area (Å²) in [5.74, 6) is -0.553. The molecule has 0 radical (unpaired) electrons. The summed E-state index contributed by atoms with van der Waals surface area (Å²) in [6, 6.07) is 7.28. The van der Waals surface area contributed by atoms with Crippen molar-refractivity contribution in [2.75, 3.05) is 0 Å². The molecule has 5 nitrogen and oxygen atoms in total. The predicted molar refractivity (Wildman–Crippen MR) is 86.0 cm³/mol. The third kappa shape index (κ3) is 5.17. The van der Waals surface area contributed by atoms with Crippen molar-refractivity contribution in [3.63, 3.8) is 0 Å². The van der Waals surface area contributed by atoms with Crippen LogP contribution in [0.1, 0.15) is 41.4 Å². The molecule has 0 aliphatic heterocycles. The number of benzene rings is 1. The molecule has 1 heterocycles. The van der Waals surface area contributed by atoms with Gasteiger partial charge in [0.2, 0.25) is 0 Å². The SMILES string of the molecule is CCCCn1nc(C(=O)NCc2cccc(C(F)(F)F)c2)ccc1=O. The van der Waals surface area contributed by atoms with E-state index in [1.54, 1.807) is 0 Å². The molecule has 25 heavy (non-hydrogen) atoms. The molecule has 0 saturated carbocycles. The van der Waals surface area contributed by atoms with E-state index in [4.69, 9.17) is 0 Å². The van der Waals surface area contributed by atoms with E-state index in [0.29, 0.717) is 12.1 Å². The maximum atomic E-state index is 12.7. The highest BCUT2D eigenvalue weighted by Crippen LogP contribution is 2.29. The Balaban J connectivity index is 2.07. The van der Waals surface area contributed by atoms with E-state index < -0.39 is 17.6 Å². The number of halogens is 3. The molecule has 1 aromatic heterocycles. The molecule has 1 N–H and O–H groups in total. The number of aromatic nitrogens is 2. The van der Waals surface area contributed by atoms with Crippen LogP contribution in [0.2, 0.25) is 0 Å². The van der Waals surface area contributed by atoms with Crippen molar-refractivity contribution in [3.05, 3.63) is 63.6 Å². The van der Waals surface area contributed by atoms with Gasteiger partial charge in [-0.25, -0.2) is 4.68 Å². The van der Waals surface area contributed by atoms with Crippen molar-refractivity contribution in [2.24, 2.45) is 0 Å². The molecule has 0 fully saturated rings. The molecular weight excluding hydrogens is 335 g/mol. The molecule has 0 unspecified atom stereocenters. The summed E-state index contributed by atoms with van der Waals surface area (Å²) >= 11 is 0. The zero-order valence-electron chi connectivity index (χ0n) is 13.6. The van der Waals surface area contributed by atoms with Crippen LogP contribution in [0.15, 0.2) is 41.2 Å². The van der Waals surface area contributed by atoms with Gasteiger partial charge in [-0.3, -0.25) is 9.59 Å². The Kier molecular flexibility index (Phi) is 5.95. The van der Waals surface area contributed by atoms with E-state index in [0.717, 1.165) is 25.0 Å². The van der Waals surface area contributed by atoms with E-state index in [9.17, 15) is 22.8 Å². The number of rotatable bonds is 6. The molecule has 2 rings (SSSR count). The molecule has 0 aliphatic carbocycles. The fourth-order valence-electron chi connectivity index (χ4n) is 2.17. The van der Waals surface area contributed by atoms with Crippen LogP contribution in [0.25, 0.3) is 0 Å². The zero-order chi connectivity index (χ0) is 18.4. The molecule has 2 aromatic rings. The highest BCUT2D eigenvalue weighted by atomic mass is 19.4. The highest BCUT2D eigenvalue weighted by molar-refractivity contribution is 5.91. The number of amides is 1. The van der Waals surface area contributed by atoms with Crippen LogP contribution in [0, 0.1) is 0 Å². The third-order valence-corrected chi connectivity index (χ3v) is 3.53. The van der Waals surface area contributed by atoms with Crippen LogP contribution in [-0.2, 0) is 19.3 Å². The summed E-state index contributed by atoms with van der Waals surface area (Å²) < 4.78 is 39.3. The maximum Gasteiger partial charge on any atom is 0.416 e. The summed E-state index contributed by atoms with van der Waals surface area (Å²) in [7, 11) is 0. The lowest BCUT2D eigenvalue weighted by molar-refractivity contribution is -0.137. The first-order valence-electron chi connectivity index (χ1n) is 7.83. The molecule has 0 atom stereocenters. The Labute approximate surface area is 142 Å². The van der Waals surface area contributed by atoms with Gasteiger partial charge in [-0.05, 0) is 30.2 Å². The topological polar surface area (TPSA) is 64.0 Å². The molecule has 0 spiro atoms. The van der Waals surface area contributed by atoms with E-state index in [1.807, 2.05) is 6.92 Å². The van der Waals surface area contributed by atoms with Gasteiger partial charge in [0.05, 0.1) is 5.56 Å². The first-order chi connectivity index (χ1) is 11.8. The largest absolute Gasteiger partial charge is 0.416 e. The number of nitrogens with zero attached hydrogens (tertiary/aromatic N) is 2. The van der Waals surface area contributed by atoms with Gasteiger partial charge in [-0.1, -0.05) is 25.5 Å². The quantitative estimate of drug-likeness (QED) is 0.868. The molecular formula is C17H18F3N3O2. The highest BCUT2D eigenvalue weighted by Gasteiger charge is 2.30. The lowest BCUT2D eigenvalue weighted by atomic mass is 10.1. The summed E-state index contributed by atoms with van der Waals surface area (Å²) in [6.07, 6.45) is -2.81. The Morgan fingerprint density at radius 3 is 2.68 bits per heavy atom. The van der Waals surface area contributed by atoms with E-state index in [2.05, 4.69) is 10.4 Å². The van der Waals surface area contributed by atoms with Crippen LogP contribution in [0.3, 0.4) is 0 Å². The second-order valence-corrected chi connectivity index (χ2v) is 5.51. The number of hydrogen-bond acceptors (Lipinski definition) is 3. The minimum absolute atomic E-state index is 0.0441. The molecule has 8 heteroatoms. The molecule has 0 saturated heterocycles. The second kappa shape index (κ2) is 7.96. The number of carbonyl (C=O) groups is 1. The van der Waals surface area contributed by atoms with Crippen molar-refractivity contribution in [1.82, 2.24) is 15.1 Å². The molecule has 0 bridgehead atoms. The molecule has 134 valence electrons. The number of aryl methyl sites for hydroxylation is 1. The van der Waals surface area contributed by atoms with Crippen molar-refractivity contribution >= 4 is 5.91 Å². The minimum Gasteiger partial charge on any atom is -0.347 e. The normalized spacial score (nSPS) is 11.4. The first kappa shape index (κ1) is 18.7. The van der Waals surface area contributed by atoms with E-state index >= 15 is 0 Å². The Morgan fingerprint density at radius 2 is 2.00 bits per heavy atom. The van der Waals surface area contributed by atoms with Crippen LogP contribution in [-0.4, -0.2) is 15.7 Å². The van der Waals surface area contributed by atoms with Crippen molar-refractivity contribution in [3.8, 4) is 0 Å². The Hall–Kier alpha value is -2.64. The first-order valence-corrected chi connectivity index (χ1v) is 7.83. The van der Waals surface area contributed by atoms with E-state index in [1.165, 1.54) is 28.9 Å². The Morgan fingerprint density at radius 1 is 1.24 bits per heavy atom. The minimum atomic E-state index is -4.43. The van der Waals surface area contributed by atoms with Crippen LogP contribution in [0.4, 0.5) is 13.2 Å². The van der Waals surface area contributed by atoms with Crippen LogP contribution in [0.5, 0.6) is 0 Å². The van der Waals surface area contributed by atoms with Gasteiger partial charge in [0.15, 0.2) is 0 Å². The number of nitrogens with one attached hydrogen (secondary N) is 1. The van der Waals surface area contributed by atoms with Gasteiger partial charge in [0, 0.05) is 19.2 Å². The average Bonchev–Trinajstić information content (AvgIpc) is 2.58. The van der Waals surface area contributed by atoms with Gasteiger partial charge < -0.3 is 5.32 Å². The van der Waals surface area contributed by atoms with Crippen LogP contribution < -0.4 is 10.9 Å². The van der Waals surface area contributed by atoms with E-state index in [-0.39, 0.29) is 17.8 Å². The smallest absolute Gasteiger partial charge is 0.347 e. The van der Waals surface area contributed by atoms with Crippen LogP contribution >= 0.6 is 0 Å². The summed E-state index contributed by atoms with van der Waals surface area (Å²) in [6.45, 7) is 2.30. The van der Waals surface area contributed by atoms with Crippen molar-refractivity contribution < 1.29 is 18.0 Å². The third-order valence-electron chi connectivity index (χ3n) is 3.53. The van der Waals surface area contributed by atoms with Gasteiger partial charge in [-0.15, -0.1) is 0 Å². The van der Waals surface area contributed by atoms with Gasteiger partial charge in [0.25, 0.3) is 11.5 Å². The summed E-state index contributed by atoms with van der Waals surface area (Å²) in [5, 5.41) is 6.50. The molecule has 1 amide bonds. The fraction of sp³-hybridized carbons (Fsp3) is 0.353. The fourth-order valence-corrected chi connectivity index (χ4v) is 2.17. The average molecular weight is 353 g/mol. The summed E-state index contributed by atoms with van der Waals surface area (Å²) in [5.41, 5.74) is -0.710. The van der Waals surface area contributed by atoms with Crippen molar-refractivity contribution in [1.29, 1.82) is 0 Å². The number of hydrogen-bond donors (Lipinski definition) is 1. The standard InChI is InChI=1S/C17H18F3N3O2/c1-2-3-9-23-15(24)8-7-14(22-23)16(25)21-11-12-5-4-6-13(10-12)17(18,19)20/h4-8,10H,2-3,9,11H2,1H3,(H,21,25). The van der Waals surface area contributed by atoms with Gasteiger partial charge in [0.1, 0.15) is 5.69 Å². The number of alkyl halides is 3. The maximum absolute atomic E-state index is 12.7. The monoisotopic (exact) mass is 353 g/mol. The van der Waals surface area contributed by atoms with Gasteiger partial charge in [-0.2, -0.15) is 18.3 Å². The lowest BCUT2D eigenvalue weighted by Gasteiger charge is -2.10. The second-order valence-electron chi connectivity index (χ2n) is 5.51. The van der Waals surface area contributed by atoms with Crippen molar-refractivity contribution in [2.45, 2.75) is 39.0 Å². The Bertz CT molecular complexity index is 800. The molecule has 0 aliphatic rings. The number of carbonyl (C=O) groups excluding carboxylic acids is 1. The number of unbranched alkanes of at least 4 members (excludes halogenated alkanes) is 1. The lowest BCUT2D eigenvalue weighted by Crippen LogP contribution is -2.29. The molecule has 1 aromatic carbocycles. The predicted octanol–water partition coefficient (Wildman–Crippen LogP) is 2.99. The zero-order valence-corrected chi connectivity index (χ0v) is 13.6. The van der Waals surface area contributed by atoms with Gasteiger partial charge >= 0.3 is 6.18 Å². The summed E-state index contributed by atoms with van der Waals surface area (Å²) in [4.78, 5) is 23.8.